The highest BCUT2D eigenvalue weighted by molar-refractivity contribution is 5.89. The normalized spacial score (nSPS) is 14.4. The number of nitrogens with zero attached hydrogens (tertiary/aromatic N) is 3. The van der Waals surface area contributed by atoms with Crippen molar-refractivity contribution in [2.24, 2.45) is 0 Å². The molecule has 4 rings (SSSR count). The molecule has 1 aliphatic rings. The zero-order valence-electron chi connectivity index (χ0n) is 17.0. The van der Waals surface area contributed by atoms with Gasteiger partial charge in [-0.05, 0) is 60.4 Å². The molecular weight excluding hydrogens is 379 g/mol. The number of halogens is 1. The Labute approximate surface area is 176 Å². The maximum absolute atomic E-state index is 13.1. The smallest absolute Gasteiger partial charge is 0.321 e. The number of benzene rings is 2. The van der Waals surface area contributed by atoms with Crippen LogP contribution in [-0.4, -0.2) is 42.1 Å². The highest BCUT2D eigenvalue weighted by Crippen LogP contribution is 2.23. The molecular formula is C24H25FN4O. The van der Waals surface area contributed by atoms with Gasteiger partial charge in [0.2, 0.25) is 0 Å². The summed E-state index contributed by atoms with van der Waals surface area (Å²) >= 11 is 0. The Morgan fingerprint density at radius 3 is 2.23 bits per heavy atom. The molecule has 0 aliphatic carbocycles. The number of anilines is 2. The molecule has 30 heavy (non-hydrogen) atoms. The Kier molecular flexibility index (Phi) is 5.93. The quantitative estimate of drug-likeness (QED) is 0.664. The van der Waals surface area contributed by atoms with Gasteiger partial charge in [0.1, 0.15) is 11.6 Å². The van der Waals surface area contributed by atoms with E-state index in [0.717, 1.165) is 48.6 Å². The molecule has 1 N–H and O–H groups in total. The van der Waals surface area contributed by atoms with Crippen molar-refractivity contribution >= 4 is 17.5 Å². The summed E-state index contributed by atoms with van der Waals surface area (Å²) in [5.41, 5.74) is 2.65. The average Bonchev–Trinajstić information content (AvgIpc) is 2.80. The van der Waals surface area contributed by atoms with Gasteiger partial charge in [-0.2, -0.15) is 0 Å². The van der Waals surface area contributed by atoms with Gasteiger partial charge in [-0.3, -0.25) is 0 Å². The van der Waals surface area contributed by atoms with Crippen LogP contribution in [0.3, 0.4) is 0 Å². The monoisotopic (exact) mass is 404 g/mol. The van der Waals surface area contributed by atoms with E-state index in [9.17, 15) is 9.18 Å². The number of amides is 2. The first-order valence-corrected chi connectivity index (χ1v) is 10.2. The molecule has 0 unspecified atom stereocenters. The molecule has 0 saturated carbocycles. The van der Waals surface area contributed by atoms with Crippen molar-refractivity contribution in [3.05, 3.63) is 78.7 Å². The van der Waals surface area contributed by atoms with Gasteiger partial charge in [-0.15, -0.1) is 0 Å². The summed E-state index contributed by atoms with van der Waals surface area (Å²) in [6.45, 7) is 1.76. The molecule has 2 amide bonds. The third-order valence-electron chi connectivity index (χ3n) is 5.62. The van der Waals surface area contributed by atoms with Gasteiger partial charge in [0.25, 0.3) is 0 Å². The van der Waals surface area contributed by atoms with Gasteiger partial charge in [0.15, 0.2) is 0 Å². The van der Waals surface area contributed by atoms with E-state index in [4.69, 9.17) is 0 Å². The number of carbonyl (C=O) groups excluding carboxylic acids is 1. The predicted octanol–water partition coefficient (Wildman–Crippen LogP) is 5.02. The summed E-state index contributed by atoms with van der Waals surface area (Å²) < 4.78 is 13.1. The minimum atomic E-state index is -0.253. The first kappa shape index (κ1) is 19.9. The number of piperidine rings is 1. The number of nitrogens with one attached hydrogen (secondary N) is 1. The molecule has 1 aromatic heterocycles. The predicted molar refractivity (Wildman–Crippen MR) is 118 cm³/mol. The van der Waals surface area contributed by atoms with Crippen molar-refractivity contribution in [3.63, 3.8) is 0 Å². The van der Waals surface area contributed by atoms with Gasteiger partial charge in [-0.25, -0.2) is 14.2 Å². The van der Waals surface area contributed by atoms with E-state index in [1.165, 1.54) is 12.1 Å². The maximum atomic E-state index is 13.1. The Hall–Kier alpha value is -3.41. The minimum absolute atomic E-state index is 0.110. The molecule has 0 radical (unpaired) electrons. The molecule has 1 fully saturated rings. The lowest BCUT2D eigenvalue weighted by atomic mass is 10.0. The van der Waals surface area contributed by atoms with Crippen molar-refractivity contribution < 1.29 is 9.18 Å². The van der Waals surface area contributed by atoms with Gasteiger partial charge in [0.05, 0.1) is 0 Å². The van der Waals surface area contributed by atoms with Crippen LogP contribution in [0.5, 0.6) is 0 Å². The molecule has 154 valence electrons. The lowest BCUT2D eigenvalue weighted by molar-refractivity contribution is 0.193. The Morgan fingerprint density at radius 2 is 1.63 bits per heavy atom. The van der Waals surface area contributed by atoms with E-state index in [2.05, 4.69) is 15.2 Å². The Morgan fingerprint density at radius 1 is 1.00 bits per heavy atom. The molecule has 3 aromatic rings. The highest BCUT2D eigenvalue weighted by atomic mass is 19.1. The van der Waals surface area contributed by atoms with Gasteiger partial charge in [0, 0.05) is 38.1 Å². The van der Waals surface area contributed by atoms with Gasteiger partial charge < -0.3 is 15.1 Å². The average molecular weight is 404 g/mol. The summed E-state index contributed by atoms with van der Waals surface area (Å²) in [7, 11) is 1.85. The zero-order chi connectivity index (χ0) is 20.9. The molecule has 6 heteroatoms. The van der Waals surface area contributed by atoms with Crippen molar-refractivity contribution in [2.45, 2.75) is 18.9 Å². The largest absolute Gasteiger partial charge is 0.356 e. The minimum Gasteiger partial charge on any atom is -0.356 e. The molecule has 0 spiro atoms. The SMILES string of the molecule is CN(C(=O)Nc1ccc(-c2ccc(F)cc2)cc1)C1CCN(c2ccccn2)CC1. The summed E-state index contributed by atoms with van der Waals surface area (Å²) in [5, 5.41) is 2.97. The summed E-state index contributed by atoms with van der Waals surface area (Å²) in [5.74, 6) is 0.737. The molecule has 0 bridgehead atoms. The second-order valence-electron chi connectivity index (χ2n) is 7.53. The summed E-state index contributed by atoms with van der Waals surface area (Å²) in [6.07, 6.45) is 3.62. The number of hydrogen-bond donors (Lipinski definition) is 1. The molecule has 5 nitrogen and oxygen atoms in total. The molecule has 2 aromatic carbocycles. The number of pyridine rings is 1. The molecule has 1 saturated heterocycles. The number of aromatic nitrogens is 1. The van der Waals surface area contributed by atoms with Crippen molar-refractivity contribution in [1.82, 2.24) is 9.88 Å². The van der Waals surface area contributed by atoms with Crippen LogP contribution < -0.4 is 10.2 Å². The summed E-state index contributed by atoms with van der Waals surface area (Å²) in [6, 6.07) is 20.0. The van der Waals surface area contributed by atoms with E-state index in [0.29, 0.717) is 0 Å². The van der Waals surface area contributed by atoms with E-state index < -0.39 is 0 Å². The highest BCUT2D eigenvalue weighted by Gasteiger charge is 2.26. The third kappa shape index (κ3) is 4.59. The lowest BCUT2D eigenvalue weighted by Crippen LogP contribution is -2.47. The topological polar surface area (TPSA) is 48.5 Å². The standard InChI is InChI=1S/C24H25FN4O/c1-28(22-13-16-29(17-14-22)23-4-2-3-15-26-23)24(30)27-21-11-7-19(8-12-21)18-5-9-20(25)10-6-18/h2-12,15,22H,13-14,16-17H2,1H3,(H,27,30). The molecule has 0 atom stereocenters. The van der Waals surface area contributed by atoms with E-state index >= 15 is 0 Å². The fourth-order valence-corrected chi connectivity index (χ4v) is 3.79. The number of urea groups is 1. The van der Waals surface area contributed by atoms with Crippen molar-refractivity contribution in [2.75, 3.05) is 30.4 Å². The van der Waals surface area contributed by atoms with Crippen molar-refractivity contribution in [3.8, 4) is 11.1 Å². The maximum Gasteiger partial charge on any atom is 0.321 e. The number of hydrogen-bond acceptors (Lipinski definition) is 3. The van der Waals surface area contributed by atoms with E-state index in [1.807, 2.05) is 55.7 Å². The first-order chi connectivity index (χ1) is 14.6. The van der Waals surface area contributed by atoms with Crippen LogP contribution in [0.1, 0.15) is 12.8 Å². The Bertz CT molecular complexity index is 968. The summed E-state index contributed by atoms with van der Waals surface area (Å²) in [4.78, 5) is 21.2. The van der Waals surface area contributed by atoms with Crippen LogP contribution in [0.15, 0.2) is 72.9 Å². The second kappa shape index (κ2) is 8.95. The molecule has 1 aliphatic heterocycles. The lowest BCUT2D eigenvalue weighted by Gasteiger charge is -2.37. The van der Waals surface area contributed by atoms with E-state index in [-0.39, 0.29) is 17.9 Å². The Balaban J connectivity index is 1.32. The third-order valence-corrected chi connectivity index (χ3v) is 5.62. The second-order valence-corrected chi connectivity index (χ2v) is 7.53. The zero-order valence-corrected chi connectivity index (χ0v) is 17.0. The van der Waals surface area contributed by atoms with Crippen LogP contribution in [0, 0.1) is 5.82 Å². The van der Waals surface area contributed by atoms with Crippen LogP contribution in [0.4, 0.5) is 20.7 Å². The van der Waals surface area contributed by atoms with Gasteiger partial charge >= 0.3 is 6.03 Å². The number of rotatable bonds is 4. The van der Waals surface area contributed by atoms with Crippen LogP contribution in [0.2, 0.25) is 0 Å². The van der Waals surface area contributed by atoms with Crippen LogP contribution in [-0.2, 0) is 0 Å². The first-order valence-electron chi connectivity index (χ1n) is 10.2. The van der Waals surface area contributed by atoms with Crippen molar-refractivity contribution in [1.29, 1.82) is 0 Å². The van der Waals surface area contributed by atoms with E-state index in [1.54, 1.807) is 17.0 Å². The fourth-order valence-electron chi connectivity index (χ4n) is 3.79. The van der Waals surface area contributed by atoms with Crippen LogP contribution in [0.25, 0.3) is 11.1 Å². The molecule has 2 heterocycles. The number of carbonyl (C=O) groups is 1. The van der Waals surface area contributed by atoms with Gasteiger partial charge in [-0.1, -0.05) is 30.3 Å². The van der Waals surface area contributed by atoms with Crippen LogP contribution >= 0.6 is 0 Å². The fraction of sp³-hybridized carbons (Fsp3) is 0.250.